The number of rotatable bonds is 8. The largest absolute Gasteiger partial charge is 0.494 e. The molecule has 194 valence electrons. The Morgan fingerprint density at radius 3 is 2.49 bits per heavy atom. The summed E-state index contributed by atoms with van der Waals surface area (Å²) in [5.74, 6) is 1.25. The first-order valence-electron chi connectivity index (χ1n) is 11.7. The first kappa shape index (κ1) is 26.9. The van der Waals surface area contributed by atoms with E-state index in [4.69, 9.17) is 18.9 Å². The van der Waals surface area contributed by atoms with Gasteiger partial charge < -0.3 is 18.9 Å². The summed E-state index contributed by atoms with van der Waals surface area (Å²) in [4.78, 5) is 32.2. The zero-order valence-electron chi connectivity index (χ0n) is 21.2. The molecule has 1 atom stereocenters. The number of thiazole rings is 1. The van der Waals surface area contributed by atoms with Gasteiger partial charge >= 0.3 is 5.97 Å². The lowest BCUT2D eigenvalue weighted by Crippen LogP contribution is -2.40. The first-order chi connectivity index (χ1) is 17.8. The lowest BCUT2D eigenvalue weighted by atomic mass is 9.95. The van der Waals surface area contributed by atoms with Crippen molar-refractivity contribution < 1.29 is 23.7 Å². The van der Waals surface area contributed by atoms with Crippen LogP contribution in [0.2, 0.25) is 0 Å². The number of aromatic nitrogens is 1. The highest BCUT2D eigenvalue weighted by atomic mass is 127. The van der Waals surface area contributed by atoms with Crippen LogP contribution in [-0.4, -0.2) is 38.0 Å². The smallest absolute Gasteiger partial charge is 0.338 e. The molecule has 0 fully saturated rings. The summed E-state index contributed by atoms with van der Waals surface area (Å²) < 4.78 is 25.0. The maximum atomic E-state index is 13.9. The van der Waals surface area contributed by atoms with Crippen LogP contribution in [0, 0.1) is 3.57 Å². The maximum Gasteiger partial charge on any atom is 0.338 e. The number of hydrogen-bond acceptors (Lipinski definition) is 8. The van der Waals surface area contributed by atoms with Crippen molar-refractivity contribution in [1.82, 2.24) is 4.57 Å². The Morgan fingerprint density at radius 2 is 1.81 bits per heavy atom. The summed E-state index contributed by atoms with van der Waals surface area (Å²) in [5.41, 5.74) is 2.04. The molecule has 0 saturated heterocycles. The number of carbonyl (C=O) groups is 1. The SMILES string of the molecule is CCOC(=O)C1=C(C)N=c2s/c(=C\c3cc(OC)c(OC)cc3I)c(=O)n2[C@H]1c1ccccc1OCC. The van der Waals surface area contributed by atoms with E-state index in [0.29, 0.717) is 50.0 Å². The van der Waals surface area contributed by atoms with Gasteiger partial charge in [-0.05, 0) is 73.2 Å². The van der Waals surface area contributed by atoms with E-state index in [2.05, 4.69) is 27.6 Å². The highest BCUT2D eigenvalue weighted by molar-refractivity contribution is 14.1. The number of benzene rings is 2. The summed E-state index contributed by atoms with van der Waals surface area (Å²) in [7, 11) is 3.15. The molecule has 1 aliphatic rings. The molecule has 37 heavy (non-hydrogen) atoms. The average molecular weight is 634 g/mol. The van der Waals surface area contributed by atoms with E-state index < -0.39 is 12.0 Å². The van der Waals surface area contributed by atoms with Gasteiger partial charge in [-0.1, -0.05) is 29.5 Å². The van der Waals surface area contributed by atoms with E-state index in [9.17, 15) is 9.59 Å². The number of nitrogens with zero attached hydrogens (tertiary/aromatic N) is 2. The van der Waals surface area contributed by atoms with Crippen LogP contribution in [0.3, 0.4) is 0 Å². The second kappa shape index (κ2) is 11.5. The van der Waals surface area contributed by atoms with E-state index in [1.165, 1.54) is 11.3 Å². The van der Waals surface area contributed by atoms with E-state index in [1.807, 2.05) is 49.4 Å². The third-order valence-electron chi connectivity index (χ3n) is 5.82. The molecule has 1 aromatic heterocycles. The van der Waals surface area contributed by atoms with Crippen LogP contribution >= 0.6 is 33.9 Å². The summed E-state index contributed by atoms with van der Waals surface area (Å²) in [6, 6.07) is 10.4. The lowest BCUT2D eigenvalue weighted by Gasteiger charge is -2.26. The van der Waals surface area contributed by atoms with E-state index in [1.54, 1.807) is 32.6 Å². The van der Waals surface area contributed by atoms with Crippen molar-refractivity contribution >= 4 is 46.0 Å². The number of esters is 1. The third kappa shape index (κ3) is 5.17. The minimum atomic E-state index is -0.746. The molecule has 0 saturated carbocycles. The fourth-order valence-corrected chi connectivity index (χ4v) is 5.83. The van der Waals surface area contributed by atoms with Crippen LogP contribution < -0.4 is 29.1 Å². The van der Waals surface area contributed by atoms with Crippen molar-refractivity contribution in [2.45, 2.75) is 26.8 Å². The number of hydrogen-bond donors (Lipinski definition) is 0. The summed E-state index contributed by atoms with van der Waals surface area (Å²) in [6.07, 6.45) is 1.81. The molecular formula is C27H27IN2O6S. The van der Waals surface area contributed by atoms with Gasteiger partial charge in [-0.2, -0.15) is 0 Å². The number of fused-ring (bicyclic) bond motifs is 1. The molecule has 0 aliphatic carbocycles. The van der Waals surface area contributed by atoms with Crippen molar-refractivity contribution in [3.05, 3.63) is 82.1 Å². The van der Waals surface area contributed by atoms with Crippen LogP contribution in [0.4, 0.5) is 0 Å². The monoisotopic (exact) mass is 634 g/mol. The number of allylic oxidation sites excluding steroid dienone is 1. The van der Waals surface area contributed by atoms with Gasteiger partial charge in [0.05, 0.1) is 43.2 Å². The second-order valence-corrected chi connectivity index (χ2v) is 10.2. The van der Waals surface area contributed by atoms with Gasteiger partial charge in [-0.25, -0.2) is 9.79 Å². The summed E-state index contributed by atoms with van der Waals surface area (Å²) >= 11 is 3.46. The van der Waals surface area contributed by atoms with Crippen molar-refractivity contribution in [3.8, 4) is 17.2 Å². The van der Waals surface area contributed by atoms with Crippen molar-refractivity contribution in [2.24, 2.45) is 4.99 Å². The molecule has 2 aromatic carbocycles. The molecule has 0 amide bonds. The fourth-order valence-electron chi connectivity index (χ4n) is 4.20. The van der Waals surface area contributed by atoms with Gasteiger partial charge in [-0.15, -0.1) is 0 Å². The maximum absolute atomic E-state index is 13.9. The van der Waals surface area contributed by atoms with Gasteiger partial charge in [0, 0.05) is 9.13 Å². The number of carbonyl (C=O) groups excluding carboxylic acids is 1. The average Bonchev–Trinajstić information content (AvgIpc) is 3.19. The normalized spacial score (nSPS) is 15.2. The Morgan fingerprint density at radius 1 is 1.11 bits per heavy atom. The Balaban J connectivity index is 1.98. The predicted molar refractivity (Wildman–Crippen MR) is 150 cm³/mol. The van der Waals surface area contributed by atoms with Crippen molar-refractivity contribution in [2.75, 3.05) is 27.4 Å². The standard InChI is InChI=1S/C27H27IN2O6S/c1-6-35-19-11-9-8-10-17(19)24-23(26(32)36-7-2)15(3)29-27-30(24)25(31)22(37-27)13-16-12-20(33-4)21(34-5)14-18(16)28/h8-14,24H,6-7H2,1-5H3/b22-13-/t24-/m0/s1. The minimum Gasteiger partial charge on any atom is -0.494 e. The lowest BCUT2D eigenvalue weighted by molar-refractivity contribution is -0.139. The quantitative estimate of drug-likeness (QED) is 0.277. The molecule has 4 rings (SSSR count). The summed E-state index contributed by atoms with van der Waals surface area (Å²) in [5, 5.41) is 0. The zero-order chi connectivity index (χ0) is 26.7. The van der Waals surface area contributed by atoms with Crippen LogP contribution in [0.25, 0.3) is 6.08 Å². The van der Waals surface area contributed by atoms with Gasteiger partial charge in [0.15, 0.2) is 16.3 Å². The van der Waals surface area contributed by atoms with Gasteiger partial charge in [0.1, 0.15) is 11.8 Å². The van der Waals surface area contributed by atoms with Crippen LogP contribution in [-0.2, 0) is 9.53 Å². The van der Waals surface area contributed by atoms with Gasteiger partial charge in [-0.3, -0.25) is 9.36 Å². The van der Waals surface area contributed by atoms with E-state index >= 15 is 0 Å². The highest BCUT2D eigenvalue weighted by Gasteiger charge is 2.35. The minimum absolute atomic E-state index is 0.206. The highest BCUT2D eigenvalue weighted by Crippen LogP contribution is 2.36. The fraction of sp³-hybridized carbons (Fsp3) is 0.296. The predicted octanol–water partition coefficient (Wildman–Crippen LogP) is 3.82. The Bertz CT molecular complexity index is 1560. The molecule has 0 radical (unpaired) electrons. The molecule has 2 heterocycles. The Labute approximate surface area is 232 Å². The van der Waals surface area contributed by atoms with Crippen LogP contribution in [0.5, 0.6) is 17.2 Å². The molecule has 0 spiro atoms. The Hall–Kier alpha value is -3.12. The number of halogens is 1. The number of ether oxygens (including phenoxy) is 4. The van der Waals surface area contributed by atoms with Gasteiger partial charge in [0.2, 0.25) is 0 Å². The molecule has 3 aromatic rings. The summed E-state index contributed by atoms with van der Waals surface area (Å²) in [6.45, 7) is 6.04. The molecule has 0 unspecified atom stereocenters. The zero-order valence-corrected chi connectivity index (χ0v) is 24.1. The molecular weight excluding hydrogens is 607 g/mol. The Kier molecular flexibility index (Phi) is 8.38. The van der Waals surface area contributed by atoms with Crippen LogP contribution in [0.1, 0.15) is 37.9 Å². The molecule has 0 bridgehead atoms. The molecule has 1 aliphatic heterocycles. The van der Waals surface area contributed by atoms with E-state index in [-0.39, 0.29) is 12.2 Å². The third-order valence-corrected chi connectivity index (χ3v) is 7.74. The molecule has 10 heteroatoms. The topological polar surface area (TPSA) is 88.4 Å². The van der Waals surface area contributed by atoms with Crippen LogP contribution in [0.15, 0.2) is 57.5 Å². The van der Waals surface area contributed by atoms with Gasteiger partial charge in [0.25, 0.3) is 5.56 Å². The van der Waals surface area contributed by atoms with E-state index in [0.717, 1.165) is 9.13 Å². The molecule has 8 nitrogen and oxygen atoms in total. The molecule has 0 N–H and O–H groups in total. The number of para-hydroxylation sites is 1. The number of methoxy groups -OCH3 is 2. The first-order valence-corrected chi connectivity index (χ1v) is 13.6. The van der Waals surface area contributed by atoms with Crippen molar-refractivity contribution in [3.63, 3.8) is 0 Å². The van der Waals surface area contributed by atoms with Crippen molar-refractivity contribution in [1.29, 1.82) is 0 Å². The second-order valence-electron chi connectivity index (χ2n) is 8.00.